The summed E-state index contributed by atoms with van der Waals surface area (Å²) in [5.41, 5.74) is 1.09. The van der Waals surface area contributed by atoms with Crippen molar-refractivity contribution in [1.29, 1.82) is 0 Å². The quantitative estimate of drug-likeness (QED) is 0.862. The molecule has 21 heavy (non-hydrogen) atoms. The number of anilines is 2. The molecule has 5 nitrogen and oxygen atoms in total. The SMILES string of the molecule is O=C(Nc1cc(Cl)cc(Cl)c1)Nc1ccc2c(c1)OCO2. The Morgan fingerprint density at radius 1 is 0.905 bits per heavy atom. The van der Waals surface area contributed by atoms with Crippen molar-refractivity contribution in [3.05, 3.63) is 46.4 Å². The smallest absolute Gasteiger partial charge is 0.323 e. The molecular weight excluding hydrogens is 315 g/mol. The van der Waals surface area contributed by atoms with Crippen LogP contribution in [0.25, 0.3) is 0 Å². The fourth-order valence-corrected chi connectivity index (χ4v) is 2.42. The molecule has 2 amide bonds. The molecule has 2 aromatic rings. The third-order valence-corrected chi connectivity index (χ3v) is 3.19. The van der Waals surface area contributed by atoms with Gasteiger partial charge in [-0.05, 0) is 30.3 Å². The fraction of sp³-hybridized carbons (Fsp3) is 0.0714. The molecule has 0 fully saturated rings. The molecule has 108 valence electrons. The van der Waals surface area contributed by atoms with E-state index in [2.05, 4.69) is 10.6 Å². The van der Waals surface area contributed by atoms with Crippen molar-refractivity contribution < 1.29 is 14.3 Å². The van der Waals surface area contributed by atoms with E-state index < -0.39 is 6.03 Å². The van der Waals surface area contributed by atoms with E-state index in [9.17, 15) is 4.79 Å². The first kappa shape index (κ1) is 13.9. The van der Waals surface area contributed by atoms with Crippen LogP contribution in [0.15, 0.2) is 36.4 Å². The summed E-state index contributed by atoms with van der Waals surface area (Å²) in [5, 5.41) is 6.23. The normalized spacial score (nSPS) is 12.1. The predicted octanol–water partition coefficient (Wildman–Crippen LogP) is 4.37. The highest BCUT2D eigenvalue weighted by molar-refractivity contribution is 6.35. The Balaban J connectivity index is 1.69. The van der Waals surface area contributed by atoms with Gasteiger partial charge in [-0.1, -0.05) is 23.2 Å². The van der Waals surface area contributed by atoms with Gasteiger partial charge >= 0.3 is 6.03 Å². The third-order valence-electron chi connectivity index (χ3n) is 2.75. The highest BCUT2D eigenvalue weighted by Crippen LogP contribution is 2.34. The third kappa shape index (κ3) is 3.32. The number of ether oxygens (including phenoxy) is 2. The van der Waals surface area contributed by atoms with Crippen LogP contribution in [0.1, 0.15) is 0 Å². The molecule has 1 heterocycles. The van der Waals surface area contributed by atoms with Crippen LogP contribution in [0.4, 0.5) is 16.2 Å². The fourth-order valence-electron chi connectivity index (χ4n) is 1.89. The van der Waals surface area contributed by atoms with Gasteiger partial charge in [0.2, 0.25) is 6.79 Å². The molecule has 1 aliphatic rings. The number of urea groups is 1. The van der Waals surface area contributed by atoms with Gasteiger partial charge in [-0.25, -0.2) is 4.79 Å². The second kappa shape index (κ2) is 5.71. The van der Waals surface area contributed by atoms with Crippen molar-refractivity contribution in [3.8, 4) is 11.5 Å². The van der Waals surface area contributed by atoms with Crippen LogP contribution in [-0.2, 0) is 0 Å². The molecule has 1 aliphatic heterocycles. The number of halogens is 2. The Morgan fingerprint density at radius 3 is 2.33 bits per heavy atom. The van der Waals surface area contributed by atoms with Crippen molar-refractivity contribution in [2.75, 3.05) is 17.4 Å². The maximum absolute atomic E-state index is 11.9. The van der Waals surface area contributed by atoms with Gasteiger partial charge in [0.1, 0.15) is 0 Å². The number of amides is 2. The Kier molecular flexibility index (Phi) is 3.77. The number of carbonyl (C=O) groups is 1. The van der Waals surface area contributed by atoms with Crippen molar-refractivity contribution in [2.45, 2.75) is 0 Å². The van der Waals surface area contributed by atoms with Gasteiger partial charge in [0.05, 0.1) is 0 Å². The van der Waals surface area contributed by atoms with E-state index in [1.807, 2.05) is 0 Å². The summed E-state index contributed by atoms with van der Waals surface area (Å²) in [6.07, 6.45) is 0. The number of nitrogens with one attached hydrogen (secondary N) is 2. The maximum Gasteiger partial charge on any atom is 0.323 e. The minimum atomic E-state index is -0.410. The van der Waals surface area contributed by atoms with E-state index >= 15 is 0 Å². The van der Waals surface area contributed by atoms with E-state index in [-0.39, 0.29) is 6.79 Å². The Morgan fingerprint density at radius 2 is 1.57 bits per heavy atom. The minimum Gasteiger partial charge on any atom is -0.454 e. The average molecular weight is 325 g/mol. The summed E-state index contributed by atoms with van der Waals surface area (Å²) in [5.74, 6) is 1.25. The summed E-state index contributed by atoms with van der Waals surface area (Å²) in [4.78, 5) is 11.9. The molecule has 7 heteroatoms. The predicted molar refractivity (Wildman–Crippen MR) is 81.7 cm³/mol. The molecule has 0 aromatic heterocycles. The molecule has 0 saturated carbocycles. The molecule has 0 atom stereocenters. The lowest BCUT2D eigenvalue weighted by molar-refractivity contribution is 0.174. The number of carbonyl (C=O) groups excluding carboxylic acids is 1. The van der Waals surface area contributed by atoms with Gasteiger partial charge in [0.25, 0.3) is 0 Å². The van der Waals surface area contributed by atoms with Crippen molar-refractivity contribution >= 4 is 40.6 Å². The first-order valence-corrected chi connectivity index (χ1v) is 6.79. The number of hydrogen-bond donors (Lipinski definition) is 2. The number of hydrogen-bond acceptors (Lipinski definition) is 3. The number of benzene rings is 2. The van der Waals surface area contributed by atoms with Crippen molar-refractivity contribution in [1.82, 2.24) is 0 Å². The van der Waals surface area contributed by atoms with Gasteiger partial charge in [0, 0.05) is 27.5 Å². The summed E-state index contributed by atoms with van der Waals surface area (Å²) in [7, 11) is 0. The summed E-state index contributed by atoms with van der Waals surface area (Å²) in [6.45, 7) is 0.187. The van der Waals surface area contributed by atoms with Crippen molar-refractivity contribution in [3.63, 3.8) is 0 Å². The molecule has 0 unspecified atom stereocenters. The van der Waals surface area contributed by atoms with Crippen LogP contribution in [0.5, 0.6) is 11.5 Å². The topological polar surface area (TPSA) is 59.6 Å². The summed E-state index contributed by atoms with van der Waals surface area (Å²) in [6, 6.07) is 9.52. The van der Waals surface area contributed by atoms with Gasteiger partial charge in [-0.2, -0.15) is 0 Å². The van der Waals surface area contributed by atoms with Crippen LogP contribution in [-0.4, -0.2) is 12.8 Å². The molecule has 0 saturated heterocycles. The Hall–Kier alpha value is -2.11. The second-order valence-electron chi connectivity index (χ2n) is 4.31. The first-order valence-electron chi connectivity index (χ1n) is 6.04. The Labute approximate surface area is 130 Å². The number of fused-ring (bicyclic) bond motifs is 1. The van der Waals surface area contributed by atoms with Gasteiger partial charge in [0.15, 0.2) is 11.5 Å². The maximum atomic E-state index is 11.9. The van der Waals surface area contributed by atoms with E-state index in [1.54, 1.807) is 36.4 Å². The van der Waals surface area contributed by atoms with E-state index in [0.717, 1.165) is 0 Å². The molecular formula is C14H10Cl2N2O3. The van der Waals surface area contributed by atoms with Crippen LogP contribution in [0, 0.1) is 0 Å². The monoisotopic (exact) mass is 324 g/mol. The van der Waals surface area contributed by atoms with Gasteiger partial charge in [-0.3, -0.25) is 0 Å². The molecule has 0 aliphatic carbocycles. The van der Waals surface area contributed by atoms with Crippen LogP contribution in [0.2, 0.25) is 10.0 Å². The standard InChI is InChI=1S/C14H10Cl2N2O3/c15-8-3-9(16)5-11(4-8)18-14(19)17-10-1-2-12-13(6-10)21-7-20-12/h1-6H,7H2,(H2,17,18,19). The van der Waals surface area contributed by atoms with Gasteiger partial charge < -0.3 is 20.1 Å². The van der Waals surface area contributed by atoms with E-state index in [1.165, 1.54) is 0 Å². The minimum absolute atomic E-state index is 0.187. The summed E-state index contributed by atoms with van der Waals surface area (Å²) < 4.78 is 10.4. The zero-order valence-electron chi connectivity index (χ0n) is 10.7. The van der Waals surface area contributed by atoms with E-state index in [0.29, 0.717) is 32.9 Å². The van der Waals surface area contributed by atoms with Crippen LogP contribution in [0.3, 0.4) is 0 Å². The first-order chi connectivity index (χ1) is 10.1. The molecule has 2 aromatic carbocycles. The number of rotatable bonds is 2. The lowest BCUT2D eigenvalue weighted by atomic mass is 10.3. The second-order valence-corrected chi connectivity index (χ2v) is 5.18. The van der Waals surface area contributed by atoms with Crippen molar-refractivity contribution in [2.24, 2.45) is 0 Å². The molecule has 0 radical (unpaired) electrons. The zero-order chi connectivity index (χ0) is 14.8. The van der Waals surface area contributed by atoms with Crippen LogP contribution < -0.4 is 20.1 Å². The lowest BCUT2D eigenvalue weighted by Gasteiger charge is -2.09. The zero-order valence-corrected chi connectivity index (χ0v) is 12.2. The Bertz CT molecular complexity index is 686. The lowest BCUT2D eigenvalue weighted by Crippen LogP contribution is -2.19. The molecule has 0 bridgehead atoms. The average Bonchev–Trinajstić information content (AvgIpc) is 2.84. The van der Waals surface area contributed by atoms with Gasteiger partial charge in [-0.15, -0.1) is 0 Å². The summed E-state index contributed by atoms with van der Waals surface area (Å²) >= 11 is 11.7. The molecule has 2 N–H and O–H groups in total. The highest BCUT2D eigenvalue weighted by atomic mass is 35.5. The highest BCUT2D eigenvalue weighted by Gasteiger charge is 2.14. The van der Waals surface area contributed by atoms with E-state index in [4.69, 9.17) is 32.7 Å². The van der Waals surface area contributed by atoms with Crippen LogP contribution >= 0.6 is 23.2 Å². The molecule has 3 rings (SSSR count). The largest absolute Gasteiger partial charge is 0.454 e. The molecule has 0 spiro atoms.